The SMILES string of the molecule is Cc1cc(SC/C2=C(\C(=O)O)N(C3CCCCCC=C3C(=O)O)C(=O)[C@@H](NC(=O)/C(=N\OC(=O)c3ccc[nH]3)c3csc(N)n3)CSC2)n2nc(C(=O)O)nc2n1. The number of aromatic carboxylic acids is 1. The largest absolute Gasteiger partial charge is 0.478 e. The number of carboxylic acids is 3. The Morgan fingerprint density at radius 2 is 1.91 bits per heavy atom. The van der Waals surface area contributed by atoms with Gasteiger partial charge in [0, 0.05) is 34.5 Å². The van der Waals surface area contributed by atoms with Crippen LogP contribution in [-0.4, -0.2) is 121 Å². The second-order valence-corrected chi connectivity index (χ2v) is 15.5. The highest BCUT2D eigenvalue weighted by Crippen LogP contribution is 2.33. The number of thioether (sulfide) groups is 2. The molecule has 6 rings (SSSR count). The molecule has 2 atom stereocenters. The average Bonchev–Trinajstić information content (AvgIpc) is 3.93. The molecule has 0 fully saturated rings. The Labute approximate surface area is 334 Å². The predicted molar refractivity (Wildman–Crippen MR) is 206 cm³/mol. The number of thiazole rings is 1. The van der Waals surface area contributed by atoms with Crippen molar-refractivity contribution in [2.75, 3.05) is 23.0 Å². The molecule has 0 saturated carbocycles. The van der Waals surface area contributed by atoms with Crippen LogP contribution in [0.4, 0.5) is 5.13 Å². The minimum atomic E-state index is -1.51. The number of nitrogens with two attached hydrogens (primary N) is 1. The second kappa shape index (κ2) is 17.8. The van der Waals surface area contributed by atoms with Crippen LogP contribution < -0.4 is 11.1 Å². The highest BCUT2D eigenvalue weighted by molar-refractivity contribution is 8.00. The van der Waals surface area contributed by atoms with Crippen molar-refractivity contribution in [3.63, 3.8) is 0 Å². The summed E-state index contributed by atoms with van der Waals surface area (Å²) in [5.41, 5.74) is 5.38. The van der Waals surface area contributed by atoms with Gasteiger partial charge in [-0.3, -0.25) is 14.5 Å². The van der Waals surface area contributed by atoms with E-state index < -0.39 is 65.0 Å². The van der Waals surface area contributed by atoms with Crippen LogP contribution in [0.1, 0.15) is 64.6 Å². The number of oxime groups is 1. The van der Waals surface area contributed by atoms with Gasteiger partial charge in [-0.25, -0.2) is 29.1 Å². The van der Waals surface area contributed by atoms with Crippen LogP contribution in [0.15, 0.2) is 62.9 Å². The van der Waals surface area contributed by atoms with Crippen LogP contribution in [0.25, 0.3) is 5.78 Å². The first-order valence-electron chi connectivity index (χ1n) is 17.2. The number of nitrogen functional groups attached to an aromatic ring is 1. The van der Waals surface area contributed by atoms with Crippen LogP contribution >= 0.6 is 34.9 Å². The van der Waals surface area contributed by atoms with Gasteiger partial charge in [0.1, 0.15) is 28.2 Å². The number of rotatable bonds is 12. The summed E-state index contributed by atoms with van der Waals surface area (Å²) in [5.74, 6) is -7.66. The molecule has 1 aliphatic heterocycles. The first-order chi connectivity index (χ1) is 27.3. The number of hydrogen-bond acceptors (Lipinski definition) is 16. The number of hydrogen-bond donors (Lipinski definition) is 6. The van der Waals surface area contributed by atoms with Gasteiger partial charge in [0.2, 0.25) is 0 Å². The van der Waals surface area contributed by atoms with Gasteiger partial charge >= 0.3 is 23.9 Å². The fourth-order valence-corrected chi connectivity index (χ4v) is 8.90. The van der Waals surface area contributed by atoms with Gasteiger partial charge in [0.05, 0.1) is 11.6 Å². The Bertz CT molecular complexity index is 2340. The summed E-state index contributed by atoms with van der Waals surface area (Å²) in [7, 11) is 0. The van der Waals surface area contributed by atoms with Crippen molar-refractivity contribution in [3.05, 3.63) is 75.6 Å². The van der Waals surface area contributed by atoms with E-state index in [0.29, 0.717) is 36.4 Å². The average molecular weight is 839 g/mol. The molecule has 4 aromatic rings. The number of aromatic nitrogens is 6. The zero-order valence-corrected chi connectivity index (χ0v) is 32.4. The van der Waals surface area contributed by atoms with Crippen molar-refractivity contribution in [1.82, 2.24) is 39.8 Å². The van der Waals surface area contributed by atoms with Crippen LogP contribution in [0.3, 0.4) is 0 Å². The number of carbonyl (C=O) groups excluding carboxylic acids is 3. The van der Waals surface area contributed by atoms with Crippen LogP contribution in [0, 0.1) is 6.92 Å². The van der Waals surface area contributed by atoms with Gasteiger partial charge in [-0.05, 0) is 50.0 Å². The Morgan fingerprint density at radius 3 is 2.60 bits per heavy atom. The molecule has 1 aliphatic carbocycles. The number of carboxylic acid groups (broad SMARTS) is 3. The molecule has 0 spiro atoms. The maximum absolute atomic E-state index is 14.8. The lowest BCUT2D eigenvalue weighted by molar-refractivity contribution is -0.143. The Kier molecular flexibility index (Phi) is 12.7. The van der Waals surface area contributed by atoms with E-state index in [2.05, 4.69) is 35.5 Å². The van der Waals surface area contributed by atoms with E-state index in [1.165, 1.54) is 28.2 Å². The zero-order chi connectivity index (χ0) is 40.8. The van der Waals surface area contributed by atoms with E-state index in [1.54, 1.807) is 19.1 Å². The van der Waals surface area contributed by atoms with Gasteiger partial charge < -0.3 is 36.2 Å². The van der Waals surface area contributed by atoms with E-state index in [-0.39, 0.29) is 57.1 Å². The van der Waals surface area contributed by atoms with Gasteiger partial charge in [-0.15, -0.1) is 28.2 Å². The molecule has 23 heteroatoms. The number of aromatic amines is 1. The van der Waals surface area contributed by atoms with E-state index in [0.717, 1.165) is 39.8 Å². The fraction of sp³-hybridized carbons (Fsp3) is 0.324. The lowest BCUT2D eigenvalue weighted by Crippen LogP contribution is -2.56. The smallest absolute Gasteiger partial charge is 0.381 e. The van der Waals surface area contributed by atoms with Crippen molar-refractivity contribution in [3.8, 4) is 0 Å². The molecule has 4 aromatic heterocycles. The number of allylic oxidation sites excluding steroid dienone is 1. The summed E-state index contributed by atoms with van der Waals surface area (Å²) in [6, 6.07) is 1.93. The number of carbonyl (C=O) groups is 6. The Morgan fingerprint density at radius 1 is 1.11 bits per heavy atom. The first kappa shape index (κ1) is 40.6. The molecule has 57 heavy (non-hydrogen) atoms. The lowest BCUT2D eigenvalue weighted by Gasteiger charge is -2.38. The monoisotopic (exact) mass is 838 g/mol. The molecule has 0 aromatic carbocycles. The summed E-state index contributed by atoms with van der Waals surface area (Å²) >= 11 is 3.21. The predicted octanol–water partition coefficient (Wildman–Crippen LogP) is 2.59. The standard InChI is InChI=1S/C34H34N10O10S3/c1-16-11-23(44-34(37-16)40-26(41-44)31(51)52)56-13-17-12-55-14-21(28(46)43(25(17)30(49)50)22-9-5-3-2-4-7-18(22)29(47)48)38-27(45)24(20-15-57-33(35)39-20)42-54-32(53)19-8-6-10-36-19/h6-8,10-11,15,21-22,36H,2-5,9,12-14H2,1H3,(H2,35,39)(H,38,45)(H,47,48)(H,49,50)(H,51,52)/b18-7?,25-17+,42-24-/t21-,22?/m0/s1. The molecule has 0 radical (unpaired) electrons. The highest BCUT2D eigenvalue weighted by atomic mass is 32.2. The maximum atomic E-state index is 14.8. The van der Waals surface area contributed by atoms with Crippen molar-refractivity contribution < 1.29 is 48.9 Å². The number of anilines is 1. The third-order valence-electron chi connectivity index (χ3n) is 8.65. The fourth-order valence-electron chi connectivity index (χ4n) is 6.10. The molecule has 298 valence electrons. The van der Waals surface area contributed by atoms with E-state index in [1.807, 2.05) is 0 Å². The molecule has 5 heterocycles. The molecule has 1 unspecified atom stereocenters. The normalized spacial score (nSPS) is 19.5. The minimum Gasteiger partial charge on any atom is -0.478 e. The number of aliphatic carboxylic acids is 2. The summed E-state index contributed by atoms with van der Waals surface area (Å²) in [6.07, 6.45) is 5.33. The number of nitrogens with one attached hydrogen (secondary N) is 2. The van der Waals surface area contributed by atoms with Crippen LogP contribution in [0.2, 0.25) is 0 Å². The highest BCUT2D eigenvalue weighted by Gasteiger charge is 2.42. The Hall–Kier alpha value is -6.07. The molecule has 20 nitrogen and oxygen atoms in total. The van der Waals surface area contributed by atoms with Crippen molar-refractivity contribution in [2.45, 2.75) is 56.1 Å². The molecule has 0 saturated heterocycles. The van der Waals surface area contributed by atoms with E-state index in [4.69, 9.17) is 10.6 Å². The maximum Gasteiger partial charge on any atom is 0.381 e. The van der Waals surface area contributed by atoms with Crippen molar-refractivity contribution >= 4 is 87.2 Å². The van der Waals surface area contributed by atoms with E-state index >= 15 is 0 Å². The van der Waals surface area contributed by atoms with Gasteiger partial charge in [0.15, 0.2) is 10.8 Å². The van der Waals surface area contributed by atoms with Gasteiger partial charge in [0.25, 0.3) is 23.4 Å². The van der Waals surface area contributed by atoms with Gasteiger partial charge in [-0.2, -0.15) is 21.3 Å². The lowest BCUT2D eigenvalue weighted by atomic mass is 9.92. The van der Waals surface area contributed by atoms with Gasteiger partial charge in [-0.1, -0.05) is 24.1 Å². The van der Waals surface area contributed by atoms with Crippen molar-refractivity contribution in [1.29, 1.82) is 0 Å². The summed E-state index contributed by atoms with van der Waals surface area (Å²) in [5, 5.41) is 42.9. The van der Waals surface area contributed by atoms with Crippen LogP contribution in [-0.2, 0) is 24.0 Å². The number of fused-ring (bicyclic) bond motifs is 1. The summed E-state index contributed by atoms with van der Waals surface area (Å²) < 4.78 is 1.22. The second-order valence-electron chi connectivity index (χ2n) is 12.6. The molecule has 2 aliphatic rings. The zero-order valence-electron chi connectivity index (χ0n) is 29.9. The summed E-state index contributed by atoms with van der Waals surface area (Å²) in [6.45, 7) is 1.67. The molecule has 0 bridgehead atoms. The quantitative estimate of drug-likeness (QED) is 0.0393. The van der Waals surface area contributed by atoms with E-state index in [9.17, 15) is 44.1 Å². The molecule has 2 amide bonds. The first-order valence-corrected chi connectivity index (χ1v) is 20.2. The topological polar surface area (TPSA) is 298 Å². The third-order valence-corrected chi connectivity index (χ3v) is 11.5. The molecular formula is C34H34N10O10S3. The number of nitrogens with zero attached hydrogens (tertiary/aromatic N) is 7. The van der Waals surface area contributed by atoms with Crippen molar-refractivity contribution in [2.24, 2.45) is 5.16 Å². The van der Waals surface area contributed by atoms with Crippen LogP contribution in [0.5, 0.6) is 0 Å². The molecule has 7 N–H and O–H groups in total. The minimum absolute atomic E-state index is 0.0119. The number of aryl methyl sites for hydroxylation is 1. The third kappa shape index (κ3) is 9.32. The molecular weight excluding hydrogens is 805 g/mol. The summed E-state index contributed by atoms with van der Waals surface area (Å²) in [4.78, 5) is 100.0. The number of amides is 2. The number of H-pyrrole nitrogens is 1. The Balaban J connectivity index is 1.39.